The molecule has 8 nitrogen and oxygen atoms in total. The Hall–Kier alpha value is -4.33. The van der Waals surface area contributed by atoms with E-state index in [1.807, 2.05) is 30.3 Å². The number of fused-ring (bicyclic) bond motifs is 1. The van der Waals surface area contributed by atoms with Crippen LogP contribution in [0, 0.1) is 10.1 Å². The Labute approximate surface area is 184 Å². The van der Waals surface area contributed by atoms with Crippen LogP contribution < -0.4 is 18.9 Å². The van der Waals surface area contributed by atoms with Gasteiger partial charge in [-0.25, -0.2) is 0 Å². The van der Waals surface area contributed by atoms with Gasteiger partial charge in [0.05, 0.1) is 24.7 Å². The lowest BCUT2D eigenvalue weighted by atomic mass is 10.1. The van der Waals surface area contributed by atoms with E-state index in [0.717, 1.165) is 5.56 Å². The average Bonchev–Trinajstić information content (AvgIpc) is 2.82. The number of rotatable bonds is 8. The predicted octanol–water partition coefficient (Wildman–Crippen LogP) is 5.53. The molecule has 0 aliphatic rings. The smallest absolute Gasteiger partial charge is 0.311 e. The Bertz CT molecular complexity index is 1260. The number of benzene rings is 3. The van der Waals surface area contributed by atoms with Gasteiger partial charge in [0.25, 0.3) is 0 Å². The van der Waals surface area contributed by atoms with E-state index in [2.05, 4.69) is 4.98 Å². The quantitative estimate of drug-likeness (QED) is 0.267. The van der Waals surface area contributed by atoms with E-state index < -0.39 is 4.92 Å². The Balaban J connectivity index is 1.65. The SMILES string of the molecule is COc1cc2c(Oc3ccc([N+](=O)[O-])c(OC)c3)ccnc2cc1OCc1ccccc1. The van der Waals surface area contributed by atoms with Gasteiger partial charge in [-0.2, -0.15) is 0 Å². The monoisotopic (exact) mass is 432 g/mol. The van der Waals surface area contributed by atoms with Gasteiger partial charge in [0, 0.05) is 29.8 Å². The number of nitro benzene ring substituents is 1. The summed E-state index contributed by atoms with van der Waals surface area (Å²) in [6.07, 6.45) is 1.62. The highest BCUT2D eigenvalue weighted by Gasteiger charge is 2.17. The number of aromatic nitrogens is 1. The van der Waals surface area contributed by atoms with Crippen LogP contribution in [0.5, 0.6) is 28.7 Å². The molecule has 0 amide bonds. The molecule has 8 heteroatoms. The van der Waals surface area contributed by atoms with E-state index in [-0.39, 0.29) is 11.4 Å². The fourth-order valence-corrected chi connectivity index (χ4v) is 3.22. The maximum absolute atomic E-state index is 11.1. The third-order valence-electron chi connectivity index (χ3n) is 4.80. The molecule has 0 bridgehead atoms. The third kappa shape index (κ3) is 4.39. The van der Waals surface area contributed by atoms with E-state index in [1.165, 1.54) is 25.3 Å². The molecule has 4 aromatic rings. The highest BCUT2D eigenvalue weighted by Crippen LogP contribution is 2.39. The van der Waals surface area contributed by atoms with Crippen molar-refractivity contribution in [2.24, 2.45) is 0 Å². The zero-order valence-electron chi connectivity index (χ0n) is 17.5. The van der Waals surface area contributed by atoms with Gasteiger partial charge in [-0.05, 0) is 23.8 Å². The molecule has 0 aliphatic heterocycles. The molecule has 3 aromatic carbocycles. The van der Waals surface area contributed by atoms with Gasteiger partial charge < -0.3 is 18.9 Å². The molecular formula is C24H20N2O6. The highest BCUT2D eigenvalue weighted by molar-refractivity contribution is 5.88. The molecule has 32 heavy (non-hydrogen) atoms. The number of nitrogens with zero attached hydrogens (tertiary/aromatic N) is 2. The number of hydrogen-bond donors (Lipinski definition) is 0. The van der Waals surface area contributed by atoms with Crippen LogP contribution in [-0.4, -0.2) is 24.1 Å². The Morgan fingerprint density at radius 1 is 0.875 bits per heavy atom. The Morgan fingerprint density at radius 2 is 1.66 bits per heavy atom. The van der Waals surface area contributed by atoms with Crippen molar-refractivity contribution in [1.82, 2.24) is 4.98 Å². The molecule has 1 aromatic heterocycles. The Morgan fingerprint density at radius 3 is 2.38 bits per heavy atom. The number of hydrogen-bond acceptors (Lipinski definition) is 7. The molecule has 0 spiro atoms. The predicted molar refractivity (Wildman–Crippen MR) is 119 cm³/mol. The van der Waals surface area contributed by atoms with Gasteiger partial charge in [0.2, 0.25) is 5.75 Å². The summed E-state index contributed by atoms with van der Waals surface area (Å²) in [6, 6.07) is 19.4. The van der Waals surface area contributed by atoms with Crippen LogP contribution in [0.2, 0.25) is 0 Å². The summed E-state index contributed by atoms with van der Waals surface area (Å²) < 4.78 is 22.6. The van der Waals surface area contributed by atoms with E-state index in [9.17, 15) is 10.1 Å². The van der Waals surface area contributed by atoms with Crippen molar-refractivity contribution in [3.63, 3.8) is 0 Å². The first kappa shape index (κ1) is 20.9. The largest absolute Gasteiger partial charge is 0.493 e. The first-order valence-corrected chi connectivity index (χ1v) is 9.73. The first-order chi connectivity index (χ1) is 15.6. The molecule has 1 heterocycles. The van der Waals surface area contributed by atoms with Crippen LogP contribution in [0.25, 0.3) is 10.9 Å². The van der Waals surface area contributed by atoms with E-state index in [4.69, 9.17) is 18.9 Å². The fourth-order valence-electron chi connectivity index (χ4n) is 3.22. The Kier molecular flexibility index (Phi) is 6.03. The van der Waals surface area contributed by atoms with Gasteiger partial charge in [-0.3, -0.25) is 15.1 Å². The second-order valence-electron chi connectivity index (χ2n) is 6.80. The minimum Gasteiger partial charge on any atom is -0.493 e. The molecule has 0 fully saturated rings. The van der Waals surface area contributed by atoms with Crippen molar-refractivity contribution in [2.45, 2.75) is 6.61 Å². The minimum atomic E-state index is -0.508. The number of ether oxygens (including phenoxy) is 4. The summed E-state index contributed by atoms with van der Waals surface area (Å²) in [5.74, 6) is 2.11. The highest BCUT2D eigenvalue weighted by atomic mass is 16.6. The first-order valence-electron chi connectivity index (χ1n) is 9.73. The summed E-state index contributed by atoms with van der Waals surface area (Å²) in [5.41, 5.74) is 1.55. The van der Waals surface area contributed by atoms with Crippen LogP contribution in [0.4, 0.5) is 5.69 Å². The lowest BCUT2D eigenvalue weighted by Gasteiger charge is -2.14. The second kappa shape index (κ2) is 9.22. The molecule has 0 aliphatic carbocycles. The zero-order valence-corrected chi connectivity index (χ0v) is 17.5. The molecule has 0 saturated carbocycles. The summed E-state index contributed by atoms with van der Waals surface area (Å²) >= 11 is 0. The van der Waals surface area contributed by atoms with Gasteiger partial charge >= 0.3 is 5.69 Å². The maximum Gasteiger partial charge on any atom is 0.311 e. The molecule has 0 N–H and O–H groups in total. The second-order valence-corrected chi connectivity index (χ2v) is 6.80. The van der Waals surface area contributed by atoms with Gasteiger partial charge in [-0.15, -0.1) is 0 Å². The zero-order chi connectivity index (χ0) is 22.5. The van der Waals surface area contributed by atoms with Crippen LogP contribution in [0.15, 0.2) is 72.9 Å². The molecule has 0 atom stereocenters. The minimum absolute atomic E-state index is 0.111. The van der Waals surface area contributed by atoms with Crippen LogP contribution in [-0.2, 0) is 6.61 Å². The van der Waals surface area contributed by atoms with Crippen LogP contribution in [0.3, 0.4) is 0 Å². The maximum atomic E-state index is 11.1. The van der Waals surface area contributed by atoms with Crippen molar-refractivity contribution in [2.75, 3.05) is 14.2 Å². The molecule has 0 radical (unpaired) electrons. The van der Waals surface area contributed by atoms with E-state index >= 15 is 0 Å². The molecular weight excluding hydrogens is 412 g/mol. The lowest BCUT2D eigenvalue weighted by Crippen LogP contribution is -1.98. The van der Waals surface area contributed by atoms with Gasteiger partial charge in [0.15, 0.2) is 11.5 Å². The van der Waals surface area contributed by atoms with Crippen LogP contribution in [0.1, 0.15) is 5.56 Å². The summed E-state index contributed by atoms with van der Waals surface area (Å²) in [4.78, 5) is 15.0. The number of pyridine rings is 1. The average molecular weight is 432 g/mol. The molecule has 0 saturated heterocycles. The topological polar surface area (TPSA) is 93.0 Å². The molecule has 0 unspecified atom stereocenters. The van der Waals surface area contributed by atoms with Crippen molar-refractivity contribution < 1.29 is 23.9 Å². The van der Waals surface area contributed by atoms with E-state index in [0.29, 0.717) is 40.5 Å². The summed E-state index contributed by atoms with van der Waals surface area (Å²) in [6.45, 7) is 0.390. The summed E-state index contributed by atoms with van der Waals surface area (Å²) in [5, 5.41) is 11.8. The standard InChI is InChI=1S/C24H20N2O6/c1-29-22-12-17(8-9-20(22)26(27)28)32-21-10-11-25-19-14-24(23(30-2)13-18(19)21)31-15-16-6-4-3-5-7-16/h3-14H,15H2,1-2H3. The van der Waals surface area contributed by atoms with Crippen molar-refractivity contribution >= 4 is 16.6 Å². The van der Waals surface area contributed by atoms with Crippen molar-refractivity contribution in [1.29, 1.82) is 0 Å². The number of methoxy groups -OCH3 is 2. The third-order valence-corrected chi connectivity index (χ3v) is 4.80. The fraction of sp³-hybridized carbons (Fsp3) is 0.125. The molecule has 162 valence electrons. The van der Waals surface area contributed by atoms with E-state index in [1.54, 1.807) is 31.5 Å². The summed E-state index contributed by atoms with van der Waals surface area (Å²) in [7, 11) is 2.93. The van der Waals surface area contributed by atoms with Gasteiger partial charge in [-0.1, -0.05) is 30.3 Å². The normalized spacial score (nSPS) is 10.6. The number of nitro groups is 1. The van der Waals surface area contributed by atoms with Crippen molar-refractivity contribution in [3.05, 3.63) is 88.6 Å². The lowest BCUT2D eigenvalue weighted by molar-refractivity contribution is -0.385. The molecule has 4 rings (SSSR count). The van der Waals surface area contributed by atoms with Crippen molar-refractivity contribution in [3.8, 4) is 28.7 Å². The van der Waals surface area contributed by atoms with Crippen LogP contribution >= 0.6 is 0 Å². The van der Waals surface area contributed by atoms with Gasteiger partial charge in [0.1, 0.15) is 18.1 Å².